The van der Waals surface area contributed by atoms with Crippen LogP contribution in [0.5, 0.6) is 0 Å². The van der Waals surface area contributed by atoms with E-state index in [2.05, 4.69) is 16.3 Å². The van der Waals surface area contributed by atoms with Gasteiger partial charge in [-0.25, -0.2) is 0 Å². The van der Waals surface area contributed by atoms with Crippen molar-refractivity contribution in [2.45, 2.75) is 13.3 Å². The number of nitriles is 1. The third kappa shape index (κ3) is 4.31. The van der Waals surface area contributed by atoms with Crippen molar-refractivity contribution in [1.82, 2.24) is 14.8 Å². The highest BCUT2D eigenvalue weighted by atomic mass is 16.5. The molecular weight excluding hydrogens is 328 g/mol. The molecule has 0 unspecified atom stereocenters. The summed E-state index contributed by atoms with van der Waals surface area (Å²) in [6.07, 6.45) is 2.64. The predicted octanol–water partition coefficient (Wildman–Crippen LogP) is 2.11. The van der Waals surface area contributed by atoms with Gasteiger partial charge in [0.2, 0.25) is 0 Å². The summed E-state index contributed by atoms with van der Waals surface area (Å²) in [6, 6.07) is 11.7. The number of benzene rings is 1. The summed E-state index contributed by atoms with van der Waals surface area (Å²) in [5.74, 6) is -0.214. The number of carbonyl (C=O) groups excluding carboxylic acids is 1. The van der Waals surface area contributed by atoms with Crippen molar-refractivity contribution in [2.75, 3.05) is 39.4 Å². The Morgan fingerprint density at radius 3 is 2.65 bits per heavy atom. The van der Waals surface area contributed by atoms with E-state index in [0.29, 0.717) is 17.8 Å². The number of amides is 1. The van der Waals surface area contributed by atoms with Crippen LogP contribution in [0.1, 0.15) is 28.0 Å². The van der Waals surface area contributed by atoms with Crippen LogP contribution >= 0.6 is 0 Å². The lowest BCUT2D eigenvalue weighted by molar-refractivity contribution is 0.0374. The van der Waals surface area contributed by atoms with E-state index in [1.807, 2.05) is 31.2 Å². The van der Waals surface area contributed by atoms with Crippen LogP contribution in [0, 0.1) is 18.3 Å². The molecule has 2 aromatic rings. The van der Waals surface area contributed by atoms with Crippen LogP contribution in [0.15, 0.2) is 36.5 Å². The van der Waals surface area contributed by atoms with E-state index in [4.69, 9.17) is 4.74 Å². The fourth-order valence-electron chi connectivity index (χ4n) is 3.09. The topological polar surface area (TPSA) is 70.3 Å². The molecule has 6 heteroatoms. The van der Waals surface area contributed by atoms with Gasteiger partial charge in [0.25, 0.3) is 5.91 Å². The van der Waals surface area contributed by atoms with Gasteiger partial charge in [-0.1, -0.05) is 17.7 Å². The molecule has 2 heterocycles. The molecule has 1 saturated heterocycles. The fourth-order valence-corrected chi connectivity index (χ4v) is 3.09. The number of nitrogens with one attached hydrogen (secondary N) is 1. The first-order valence-corrected chi connectivity index (χ1v) is 8.96. The molecule has 1 amide bonds. The van der Waals surface area contributed by atoms with Crippen LogP contribution in [-0.2, 0) is 4.74 Å². The number of hydrogen-bond acceptors (Lipinski definition) is 4. The molecular formula is C20H24N4O2. The molecule has 26 heavy (non-hydrogen) atoms. The molecule has 0 aliphatic carbocycles. The molecule has 0 radical (unpaired) electrons. The molecule has 0 saturated carbocycles. The second-order valence-corrected chi connectivity index (χ2v) is 6.46. The first kappa shape index (κ1) is 18.2. The first-order chi connectivity index (χ1) is 12.7. The highest BCUT2D eigenvalue weighted by Gasteiger charge is 2.18. The molecule has 1 aromatic heterocycles. The Labute approximate surface area is 154 Å². The van der Waals surface area contributed by atoms with Crippen LogP contribution in [0.4, 0.5) is 0 Å². The number of aryl methyl sites for hydroxylation is 1. The maximum absolute atomic E-state index is 12.7. The molecule has 0 spiro atoms. The van der Waals surface area contributed by atoms with Gasteiger partial charge in [-0.15, -0.1) is 0 Å². The van der Waals surface area contributed by atoms with Crippen molar-refractivity contribution in [2.24, 2.45) is 0 Å². The minimum Gasteiger partial charge on any atom is -0.379 e. The largest absolute Gasteiger partial charge is 0.379 e. The van der Waals surface area contributed by atoms with E-state index in [9.17, 15) is 10.1 Å². The number of nitrogens with zero attached hydrogens (tertiary/aromatic N) is 3. The minimum atomic E-state index is -0.214. The van der Waals surface area contributed by atoms with Gasteiger partial charge in [-0.2, -0.15) is 5.26 Å². The smallest absolute Gasteiger partial charge is 0.269 e. The maximum atomic E-state index is 12.7. The molecule has 0 atom stereocenters. The summed E-state index contributed by atoms with van der Waals surface area (Å²) in [5.41, 5.74) is 2.80. The standard InChI is InChI=1S/C20H24N4O2/c1-16-3-5-18(6-4-16)24-10-7-17(15-21)19(24)20(25)22-8-2-9-23-11-13-26-14-12-23/h3-7,10H,2,8-9,11-14H2,1H3,(H,22,25). The summed E-state index contributed by atoms with van der Waals surface area (Å²) in [5, 5.41) is 12.3. The van der Waals surface area contributed by atoms with E-state index in [-0.39, 0.29) is 5.91 Å². The van der Waals surface area contributed by atoms with Gasteiger partial charge in [0.05, 0.1) is 18.8 Å². The van der Waals surface area contributed by atoms with Gasteiger partial charge < -0.3 is 14.6 Å². The van der Waals surface area contributed by atoms with Crippen LogP contribution in [0.2, 0.25) is 0 Å². The van der Waals surface area contributed by atoms with E-state index in [1.165, 1.54) is 0 Å². The lowest BCUT2D eigenvalue weighted by Crippen LogP contribution is -2.38. The Morgan fingerprint density at radius 1 is 1.23 bits per heavy atom. The zero-order valence-corrected chi connectivity index (χ0v) is 15.1. The number of carbonyl (C=O) groups is 1. The zero-order valence-electron chi connectivity index (χ0n) is 15.1. The summed E-state index contributed by atoms with van der Waals surface area (Å²) in [4.78, 5) is 15.0. The molecule has 0 bridgehead atoms. The molecule has 1 aliphatic rings. The van der Waals surface area contributed by atoms with Crippen molar-refractivity contribution in [1.29, 1.82) is 5.26 Å². The summed E-state index contributed by atoms with van der Waals surface area (Å²) in [6.45, 7) is 6.99. The monoisotopic (exact) mass is 352 g/mol. The van der Waals surface area contributed by atoms with Gasteiger partial charge in [-0.05, 0) is 38.1 Å². The zero-order chi connectivity index (χ0) is 18.4. The minimum absolute atomic E-state index is 0.214. The predicted molar refractivity (Wildman–Crippen MR) is 99.4 cm³/mol. The average molecular weight is 352 g/mol. The average Bonchev–Trinajstić information content (AvgIpc) is 3.11. The number of ether oxygens (including phenoxy) is 1. The SMILES string of the molecule is Cc1ccc(-n2ccc(C#N)c2C(=O)NCCCN2CCOCC2)cc1. The Morgan fingerprint density at radius 2 is 1.96 bits per heavy atom. The second kappa shape index (κ2) is 8.65. The van der Waals surface area contributed by atoms with Crippen LogP contribution in [0.3, 0.4) is 0 Å². The van der Waals surface area contributed by atoms with E-state index in [1.54, 1.807) is 16.8 Å². The summed E-state index contributed by atoms with van der Waals surface area (Å²) in [7, 11) is 0. The number of aromatic nitrogens is 1. The lowest BCUT2D eigenvalue weighted by Gasteiger charge is -2.26. The highest BCUT2D eigenvalue weighted by molar-refractivity contribution is 5.95. The summed E-state index contributed by atoms with van der Waals surface area (Å²) >= 11 is 0. The molecule has 3 rings (SSSR count). The van der Waals surface area contributed by atoms with Crippen LogP contribution in [-0.4, -0.2) is 54.8 Å². The lowest BCUT2D eigenvalue weighted by atomic mass is 10.2. The quantitative estimate of drug-likeness (QED) is 0.809. The van der Waals surface area contributed by atoms with Gasteiger partial charge in [-0.3, -0.25) is 9.69 Å². The Hall–Kier alpha value is -2.62. The van der Waals surface area contributed by atoms with Crippen molar-refractivity contribution in [3.63, 3.8) is 0 Å². The van der Waals surface area contributed by atoms with Gasteiger partial charge >= 0.3 is 0 Å². The van der Waals surface area contributed by atoms with E-state index in [0.717, 1.165) is 50.5 Å². The molecule has 6 nitrogen and oxygen atoms in total. The third-order valence-electron chi connectivity index (χ3n) is 4.57. The Balaban J connectivity index is 1.63. The van der Waals surface area contributed by atoms with Crippen LogP contribution in [0.25, 0.3) is 5.69 Å². The van der Waals surface area contributed by atoms with Crippen molar-refractivity contribution < 1.29 is 9.53 Å². The van der Waals surface area contributed by atoms with Gasteiger partial charge in [0.15, 0.2) is 0 Å². The third-order valence-corrected chi connectivity index (χ3v) is 4.57. The first-order valence-electron chi connectivity index (χ1n) is 8.96. The van der Waals surface area contributed by atoms with Crippen molar-refractivity contribution >= 4 is 5.91 Å². The Bertz CT molecular complexity index is 783. The van der Waals surface area contributed by atoms with Gasteiger partial charge in [0, 0.05) is 31.5 Å². The van der Waals surface area contributed by atoms with E-state index < -0.39 is 0 Å². The molecule has 1 aliphatic heterocycles. The second-order valence-electron chi connectivity index (χ2n) is 6.46. The van der Waals surface area contributed by atoms with Gasteiger partial charge in [0.1, 0.15) is 11.8 Å². The number of morpholine rings is 1. The van der Waals surface area contributed by atoms with Crippen molar-refractivity contribution in [3.8, 4) is 11.8 Å². The highest BCUT2D eigenvalue weighted by Crippen LogP contribution is 2.17. The molecule has 1 fully saturated rings. The fraction of sp³-hybridized carbons (Fsp3) is 0.400. The molecule has 1 aromatic carbocycles. The molecule has 136 valence electrons. The number of rotatable bonds is 6. The molecule has 1 N–H and O–H groups in total. The normalized spacial score (nSPS) is 14.8. The van der Waals surface area contributed by atoms with Crippen molar-refractivity contribution in [3.05, 3.63) is 53.3 Å². The Kier molecular flexibility index (Phi) is 6.05. The maximum Gasteiger partial charge on any atom is 0.269 e. The van der Waals surface area contributed by atoms with Crippen LogP contribution < -0.4 is 5.32 Å². The van der Waals surface area contributed by atoms with E-state index >= 15 is 0 Å². The summed E-state index contributed by atoms with van der Waals surface area (Å²) < 4.78 is 7.11. The number of hydrogen-bond donors (Lipinski definition) is 1.